The average molecular weight is 155 g/mol. The molecule has 0 atom stereocenters. The van der Waals surface area contributed by atoms with Gasteiger partial charge in [0.25, 0.3) is 0 Å². The lowest BCUT2D eigenvalue weighted by Crippen LogP contribution is -2.02. The number of hydrogen-bond donors (Lipinski definition) is 0. The summed E-state index contributed by atoms with van der Waals surface area (Å²) in [6, 6.07) is 0. The zero-order chi connectivity index (χ0) is 8.69. The van der Waals surface area contributed by atoms with E-state index in [0.717, 1.165) is 5.71 Å². The van der Waals surface area contributed by atoms with Crippen molar-refractivity contribution in [3.05, 3.63) is 12.7 Å². The van der Waals surface area contributed by atoms with Gasteiger partial charge in [-0.05, 0) is 13.0 Å². The summed E-state index contributed by atoms with van der Waals surface area (Å²) in [7, 11) is 1.37. The Labute approximate surface area is 66.8 Å². The first-order valence-electron chi connectivity index (χ1n) is 3.41. The Morgan fingerprint density at radius 3 is 2.82 bits per heavy atom. The minimum absolute atomic E-state index is 0.231. The van der Waals surface area contributed by atoms with Crippen LogP contribution in [0.15, 0.2) is 17.6 Å². The highest BCUT2D eigenvalue weighted by Crippen LogP contribution is 1.86. The Balaban J connectivity index is 3.56. The lowest BCUT2D eigenvalue weighted by molar-refractivity contribution is -0.140. The van der Waals surface area contributed by atoms with E-state index >= 15 is 0 Å². The Morgan fingerprint density at radius 2 is 2.36 bits per heavy atom. The molecule has 11 heavy (non-hydrogen) atoms. The molecule has 0 aromatic heterocycles. The predicted molar refractivity (Wildman–Crippen MR) is 44.8 cm³/mol. The molecule has 0 aliphatic heterocycles. The van der Waals surface area contributed by atoms with Gasteiger partial charge in [0.1, 0.15) is 0 Å². The maximum atomic E-state index is 10.6. The Bertz CT molecular complexity index is 173. The van der Waals surface area contributed by atoms with Gasteiger partial charge >= 0.3 is 5.97 Å². The van der Waals surface area contributed by atoms with Crippen molar-refractivity contribution in [1.82, 2.24) is 0 Å². The molecule has 0 bridgehead atoms. The number of methoxy groups -OCH3 is 1. The van der Waals surface area contributed by atoms with Crippen molar-refractivity contribution in [1.29, 1.82) is 0 Å². The molecule has 0 amide bonds. The number of carbonyl (C=O) groups is 1. The highest BCUT2D eigenvalue weighted by atomic mass is 16.5. The fraction of sp³-hybridized carbons (Fsp3) is 0.500. The fourth-order valence-corrected chi connectivity index (χ4v) is 0.490. The molecule has 3 nitrogen and oxygen atoms in total. The maximum absolute atomic E-state index is 10.6. The van der Waals surface area contributed by atoms with Crippen molar-refractivity contribution in [2.24, 2.45) is 4.99 Å². The number of nitrogens with zero attached hydrogens (tertiary/aromatic N) is 1. The molecule has 0 spiro atoms. The van der Waals surface area contributed by atoms with E-state index in [9.17, 15) is 4.79 Å². The first kappa shape index (κ1) is 9.88. The van der Waals surface area contributed by atoms with Gasteiger partial charge in [0, 0.05) is 12.3 Å². The van der Waals surface area contributed by atoms with Gasteiger partial charge in [-0.25, -0.2) is 0 Å². The Kier molecular flexibility index (Phi) is 5.07. The average Bonchev–Trinajstić information content (AvgIpc) is 2.04. The third-order valence-corrected chi connectivity index (χ3v) is 1.20. The van der Waals surface area contributed by atoms with Gasteiger partial charge in [-0.1, -0.05) is 6.58 Å². The van der Waals surface area contributed by atoms with Gasteiger partial charge in [0.15, 0.2) is 0 Å². The molecule has 0 N–H and O–H groups in total. The van der Waals surface area contributed by atoms with Crippen LogP contribution in [0, 0.1) is 0 Å². The molecule has 3 heteroatoms. The van der Waals surface area contributed by atoms with Crippen molar-refractivity contribution in [2.45, 2.75) is 13.3 Å². The van der Waals surface area contributed by atoms with Gasteiger partial charge in [0.2, 0.25) is 0 Å². The molecule has 0 aromatic rings. The second kappa shape index (κ2) is 5.65. The number of rotatable bonds is 4. The standard InChI is InChI=1S/C8H13NO2/c1-4-7(2)9-6-5-8(10)11-3/h4H,1,5-6H2,2-3H3. The zero-order valence-corrected chi connectivity index (χ0v) is 6.96. The van der Waals surface area contributed by atoms with E-state index in [1.165, 1.54) is 7.11 Å². The summed E-state index contributed by atoms with van der Waals surface area (Å²) < 4.78 is 4.43. The minimum Gasteiger partial charge on any atom is -0.469 e. The molecule has 0 unspecified atom stereocenters. The van der Waals surface area contributed by atoms with E-state index in [2.05, 4.69) is 16.3 Å². The molecule has 0 saturated carbocycles. The number of allylic oxidation sites excluding steroid dienone is 1. The molecule has 0 aliphatic carbocycles. The number of carbonyl (C=O) groups excluding carboxylic acids is 1. The molecule has 0 radical (unpaired) electrons. The van der Waals surface area contributed by atoms with E-state index in [1.54, 1.807) is 6.08 Å². The molecule has 0 heterocycles. The van der Waals surface area contributed by atoms with Crippen molar-refractivity contribution >= 4 is 11.7 Å². The van der Waals surface area contributed by atoms with Gasteiger partial charge in [0.05, 0.1) is 13.5 Å². The summed E-state index contributed by atoms with van der Waals surface area (Å²) in [5.41, 5.74) is 0.842. The first-order valence-corrected chi connectivity index (χ1v) is 3.41. The van der Waals surface area contributed by atoms with Crippen LogP contribution < -0.4 is 0 Å². The van der Waals surface area contributed by atoms with E-state index in [0.29, 0.717) is 13.0 Å². The molecule has 0 aromatic carbocycles. The second-order valence-corrected chi connectivity index (χ2v) is 2.05. The van der Waals surface area contributed by atoms with Crippen LogP contribution >= 0.6 is 0 Å². The quantitative estimate of drug-likeness (QED) is 0.452. The topological polar surface area (TPSA) is 38.7 Å². The van der Waals surface area contributed by atoms with Crippen molar-refractivity contribution in [2.75, 3.05) is 13.7 Å². The summed E-state index contributed by atoms with van der Waals surface area (Å²) in [6.45, 7) is 5.85. The lowest BCUT2D eigenvalue weighted by Gasteiger charge is -1.94. The maximum Gasteiger partial charge on any atom is 0.307 e. The highest BCUT2D eigenvalue weighted by molar-refractivity contribution is 5.92. The summed E-state index contributed by atoms with van der Waals surface area (Å²) in [4.78, 5) is 14.6. The first-order chi connectivity index (χ1) is 5.20. The van der Waals surface area contributed by atoms with E-state index in [-0.39, 0.29) is 5.97 Å². The Hall–Kier alpha value is -1.12. The zero-order valence-electron chi connectivity index (χ0n) is 6.96. The summed E-state index contributed by atoms with van der Waals surface area (Å²) >= 11 is 0. The minimum atomic E-state index is -0.231. The van der Waals surface area contributed by atoms with Crippen LogP contribution in [-0.2, 0) is 9.53 Å². The number of hydrogen-bond acceptors (Lipinski definition) is 3. The number of ether oxygens (including phenoxy) is 1. The highest BCUT2D eigenvalue weighted by Gasteiger charge is 1.96. The second-order valence-electron chi connectivity index (χ2n) is 2.05. The smallest absolute Gasteiger partial charge is 0.307 e. The van der Waals surface area contributed by atoms with Crippen LogP contribution in [0.3, 0.4) is 0 Å². The van der Waals surface area contributed by atoms with Crippen LogP contribution in [0.2, 0.25) is 0 Å². The van der Waals surface area contributed by atoms with Crippen molar-refractivity contribution < 1.29 is 9.53 Å². The van der Waals surface area contributed by atoms with Crippen molar-refractivity contribution in [3.8, 4) is 0 Å². The summed E-state index contributed by atoms with van der Waals surface area (Å²) in [6.07, 6.45) is 1.99. The third kappa shape index (κ3) is 5.33. The van der Waals surface area contributed by atoms with Gasteiger partial charge in [-0.2, -0.15) is 0 Å². The SMILES string of the molecule is C=CC(C)=NCCC(=O)OC. The molecular formula is C8H13NO2. The third-order valence-electron chi connectivity index (χ3n) is 1.20. The largest absolute Gasteiger partial charge is 0.469 e. The molecular weight excluding hydrogens is 142 g/mol. The van der Waals surface area contributed by atoms with Gasteiger partial charge in [-0.15, -0.1) is 0 Å². The van der Waals surface area contributed by atoms with Gasteiger partial charge in [-0.3, -0.25) is 9.79 Å². The van der Waals surface area contributed by atoms with Crippen LogP contribution in [0.5, 0.6) is 0 Å². The normalized spacial score (nSPS) is 10.9. The monoisotopic (exact) mass is 155 g/mol. The van der Waals surface area contributed by atoms with Crippen LogP contribution in [0.4, 0.5) is 0 Å². The number of aliphatic imine (C=N–C) groups is 1. The predicted octanol–water partition coefficient (Wildman–Crippen LogP) is 1.20. The van der Waals surface area contributed by atoms with Crippen LogP contribution in [-0.4, -0.2) is 25.3 Å². The molecule has 62 valence electrons. The Morgan fingerprint density at radius 1 is 1.73 bits per heavy atom. The van der Waals surface area contributed by atoms with Gasteiger partial charge < -0.3 is 4.74 Å². The van der Waals surface area contributed by atoms with E-state index < -0.39 is 0 Å². The van der Waals surface area contributed by atoms with E-state index in [1.807, 2.05) is 6.92 Å². The van der Waals surface area contributed by atoms with Crippen LogP contribution in [0.25, 0.3) is 0 Å². The number of esters is 1. The molecule has 0 aliphatic rings. The summed E-state index contributed by atoms with van der Waals surface area (Å²) in [5, 5.41) is 0. The summed E-state index contributed by atoms with van der Waals surface area (Å²) in [5.74, 6) is -0.231. The molecule has 0 rings (SSSR count). The van der Waals surface area contributed by atoms with Crippen LogP contribution in [0.1, 0.15) is 13.3 Å². The fourth-order valence-electron chi connectivity index (χ4n) is 0.490. The van der Waals surface area contributed by atoms with Crippen molar-refractivity contribution in [3.63, 3.8) is 0 Å². The van der Waals surface area contributed by atoms with E-state index in [4.69, 9.17) is 0 Å². The molecule has 0 fully saturated rings. The lowest BCUT2D eigenvalue weighted by atomic mass is 10.4. The molecule has 0 saturated heterocycles.